The molecule has 0 saturated carbocycles. The lowest BCUT2D eigenvalue weighted by Crippen LogP contribution is -2.08. The van der Waals surface area contributed by atoms with Crippen LogP contribution in [0.3, 0.4) is 0 Å². The molecule has 0 aliphatic carbocycles. The van der Waals surface area contributed by atoms with E-state index in [-0.39, 0.29) is 12.6 Å². The topological polar surface area (TPSA) is 44.8 Å². The second kappa shape index (κ2) is 7.33. The zero-order valence-corrected chi connectivity index (χ0v) is 12.2. The van der Waals surface area contributed by atoms with Crippen LogP contribution in [-0.2, 0) is 11.3 Å². The minimum absolute atomic E-state index is 0.273. The SMILES string of the molecule is CCOc1ccccc1OCc1ccccc1C(=O)OC. The first-order valence-electron chi connectivity index (χ1n) is 6.77. The molecule has 0 bridgehead atoms. The van der Waals surface area contributed by atoms with E-state index in [2.05, 4.69) is 0 Å². The summed E-state index contributed by atoms with van der Waals surface area (Å²) in [6.07, 6.45) is 0. The van der Waals surface area contributed by atoms with Crippen LogP contribution in [0.1, 0.15) is 22.8 Å². The lowest BCUT2D eigenvalue weighted by molar-refractivity contribution is 0.0597. The van der Waals surface area contributed by atoms with Gasteiger partial charge in [0, 0.05) is 5.56 Å². The van der Waals surface area contributed by atoms with Gasteiger partial charge in [-0.3, -0.25) is 0 Å². The molecule has 0 aromatic heterocycles. The van der Waals surface area contributed by atoms with E-state index in [1.54, 1.807) is 12.1 Å². The fraction of sp³-hybridized carbons (Fsp3) is 0.235. The summed E-state index contributed by atoms with van der Waals surface area (Å²) in [5.41, 5.74) is 1.28. The molecular weight excluding hydrogens is 268 g/mol. The number of ether oxygens (including phenoxy) is 3. The van der Waals surface area contributed by atoms with Crippen molar-refractivity contribution in [1.82, 2.24) is 0 Å². The van der Waals surface area contributed by atoms with Gasteiger partial charge in [0.1, 0.15) is 6.61 Å². The molecule has 2 rings (SSSR count). The van der Waals surface area contributed by atoms with Crippen LogP contribution in [0, 0.1) is 0 Å². The van der Waals surface area contributed by atoms with E-state index in [1.807, 2.05) is 43.3 Å². The van der Waals surface area contributed by atoms with Gasteiger partial charge in [0.15, 0.2) is 11.5 Å². The normalized spacial score (nSPS) is 10.0. The molecule has 0 radical (unpaired) electrons. The van der Waals surface area contributed by atoms with Crippen LogP contribution in [0.25, 0.3) is 0 Å². The fourth-order valence-electron chi connectivity index (χ4n) is 1.95. The molecule has 110 valence electrons. The van der Waals surface area contributed by atoms with Gasteiger partial charge in [0.05, 0.1) is 19.3 Å². The minimum Gasteiger partial charge on any atom is -0.490 e. The highest BCUT2D eigenvalue weighted by Gasteiger charge is 2.12. The van der Waals surface area contributed by atoms with Crippen LogP contribution in [0.15, 0.2) is 48.5 Å². The third-order valence-electron chi connectivity index (χ3n) is 2.95. The maximum Gasteiger partial charge on any atom is 0.338 e. The number of para-hydroxylation sites is 2. The van der Waals surface area contributed by atoms with Crippen molar-refractivity contribution >= 4 is 5.97 Å². The van der Waals surface area contributed by atoms with Crippen LogP contribution in [0.5, 0.6) is 11.5 Å². The summed E-state index contributed by atoms with van der Waals surface area (Å²) < 4.78 is 16.1. The monoisotopic (exact) mass is 286 g/mol. The lowest BCUT2D eigenvalue weighted by atomic mass is 10.1. The van der Waals surface area contributed by atoms with Gasteiger partial charge in [0.2, 0.25) is 0 Å². The smallest absolute Gasteiger partial charge is 0.338 e. The molecule has 0 saturated heterocycles. The Morgan fingerprint density at radius 2 is 1.57 bits per heavy atom. The molecule has 4 nitrogen and oxygen atoms in total. The largest absolute Gasteiger partial charge is 0.490 e. The maximum atomic E-state index is 11.7. The number of carbonyl (C=O) groups excluding carboxylic acids is 1. The molecule has 0 spiro atoms. The van der Waals surface area contributed by atoms with E-state index in [1.165, 1.54) is 7.11 Å². The molecule has 0 atom stereocenters. The molecule has 2 aromatic carbocycles. The Kier molecular flexibility index (Phi) is 5.21. The van der Waals surface area contributed by atoms with E-state index < -0.39 is 0 Å². The number of hydrogen-bond donors (Lipinski definition) is 0. The molecule has 21 heavy (non-hydrogen) atoms. The van der Waals surface area contributed by atoms with Crippen molar-refractivity contribution in [3.63, 3.8) is 0 Å². The Morgan fingerprint density at radius 1 is 0.952 bits per heavy atom. The third kappa shape index (κ3) is 3.75. The number of esters is 1. The van der Waals surface area contributed by atoms with Crippen LogP contribution < -0.4 is 9.47 Å². The Labute approximate surface area is 124 Å². The molecule has 0 heterocycles. The molecule has 0 amide bonds. The van der Waals surface area contributed by atoms with E-state index in [0.717, 1.165) is 5.56 Å². The summed E-state index contributed by atoms with van der Waals surface area (Å²) in [5, 5.41) is 0. The highest BCUT2D eigenvalue weighted by Crippen LogP contribution is 2.27. The molecule has 2 aromatic rings. The molecular formula is C17H18O4. The molecule has 0 aliphatic heterocycles. The Balaban J connectivity index is 2.15. The van der Waals surface area contributed by atoms with E-state index in [4.69, 9.17) is 14.2 Å². The lowest BCUT2D eigenvalue weighted by Gasteiger charge is -2.13. The molecule has 0 unspecified atom stereocenters. The Hall–Kier alpha value is -2.49. The second-order valence-electron chi connectivity index (χ2n) is 4.32. The Bertz CT molecular complexity index is 607. The van der Waals surface area contributed by atoms with Gasteiger partial charge in [-0.2, -0.15) is 0 Å². The van der Waals surface area contributed by atoms with Gasteiger partial charge in [0.25, 0.3) is 0 Å². The van der Waals surface area contributed by atoms with Crippen molar-refractivity contribution in [2.45, 2.75) is 13.5 Å². The summed E-state index contributed by atoms with van der Waals surface area (Å²) >= 11 is 0. The first kappa shape index (κ1) is 14.9. The minimum atomic E-state index is -0.368. The first-order chi connectivity index (χ1) is 10.3. The van der Waals surface area contributed by atoms with Gasteiger partial charge < -0.3 is 14.2 Å². The summed E-state index contributed by atoms with van der Waals surface area (Å²) in [4.78, 5) is 11.7. The predicted molar refractivity (Wildman–Crippen MR) is 79.7 cm³/mol. The number of carbonyl (C=O) groups is 1. The van der Waals surface area contributed by atoms with Gasteiger partial charge >= 0.3 is 5.97 Å². The first-order valence-corrected chi connectivity index (χ1v) is 6.77. The number of benzene rings is 2. The summed E-state index contributed by atoms with van der Waals surface area (Å²) in [7, 11) is 1.37. The summed E-state index contributed by atoms with van der Waals surface area (Å²) in [6, 6.07) is 14.7. The van der Waals surface area contributed by atoms with Crippen molar-refractivity contribution in [2.24, 2.45) is 0 Å². The highest BCUT2D eigenvalue weighted by atomic mass is 16.5. The second-order valence-corrected chi connectivity index (χ2v) is 4.32. The van der Waals surface area contributed by atoms with E-state index in [0.29, 0.717) is 23.7 Å². The highest BCUT2D eigenvalue weighted by molar-refractivity contribution is 5.90. The zero-order chi connectivity index (χ0) is 15.1. The van der Waals surface area contributed by atoms with E-state index >= 15 is 0 Å². The van der Waals surface area contributed by atoms with Crippen LogP contribution in [0.2, 0.25) is 0 Å². The van der Waals surface area contributed by atoms with Crippen molar-refractivity contribution in [3.8, 4) is 11.5 Å². The zero-order valence-electron chi connectivity index (χ0n) is 12.2. The van der Waals surface area contributed by atoms with Crippen LogP contribution in [0.4, 0.5) is 0 Å². The van der Waals surface area contributed by atoms with Crippen LogP contribution >= 0.6 is 0 Å². The van der Waals surface area contributed by atoms with Crippen molar-refractivity contribution in [1.29, 1.82) is 0 Å². The molecule has 0 N–H and O–H groups in total. The summed E-state index contributed by atoms with van der Waals surface area (Å²) in [5.74, 6) is 0.974. The van der Waals surface area contributed by atoms with Crippen molar-refractivity contribution < 1.29 is 19.0 Å². The fourth-order valence-corrected chi connectivity index (χ4v) is 1.95. The maximum absolute atomic E-state index is 11.7. The Morgan fingerprint density at radius 3 is 2.24 bits per heavy atom. The van der Waals surface area contributed by atoms with Crippen molar-refractivity contribution in [2.75, 3.05) is 13.7 Å². The number of methoxy groups -OCH3 is 1. The van der Waals surface area contributed by atoms with Gasteiger partial charge in [-0.15, -0.1) is 0 Å². The number of rotatable bonds is 6. The van der Waals surface area contributed by atoms with Crippen molar-refractivity contribution in [3.05, 3.63) is 59.7 Å². The van der Waals surface area contributed by atoms with Gasteiger partial charge in [-0.05, 0) is 25.1 Å². The predicted octanol–water partition coefficient (Wildman–Crippen LogP) is 3.45. The third-order valence-corrected chi connectivity index (χ3v) is 2.95. The van der Waals surface area contributed by atoms with E-state index in [9.17, 15) is 4.79 Å². The molecule has 0 fully saturated rings. The van der Waals surface area contributed by atoms with Crippen LogP contribution in [-0.4, -0.2) is 19.7 Å². The van der Waals surface area contributed by atoms with Gasteiger partial charge in [-0.1, -0.05) is 30.3 Å². The average Bonchev–Trinajstić information content (AvgIpc) is 2.54. The average molecular weight is 286 g/mol. The quantitative estimate of drug-likeness (QED) is 0.763. The molecule has 4 heteroatoms. The van der Waals surface area contributed by atoms with Gasteiger partial charge in [-0.25, -0.2) is 4.79 Å². The molecule has 0 aliphatic rings. The summed E-state index contributed by atoms with van der Waals surface area (Å²) in [6.45, 7) is 2.76. The number of hydrogen-bond acceptors (Lipinski definition) is 4. The standard InChI is InChI=1S/C17H18O4/c1-3-20-15-10-6-7-11-16(15)21-12-13-8-4-5-9-14(13)17(18)19-2/h4-11H,3,12H2,1-2H3.